The molecule has 0 bridgehead atoms. The topological polar surface area (TPSA) is 63.7 Å². The van der Waals surface area contributed by atoms with Crippen LogP contribution in [0.4, 0.5) is 0 Å². The fraction of sp³-hybridized carbons (Fsp3) is 0.533. The minimum atomic E-state index is -3.50. The van der Waals surface area contributed by atoms with E-state index in [4.69, 9.17) is 0 Å². The zero-order valence-corrected chi connectivity index (χ0v) is 13.8. The Morgan fingerprint density at radius 1 is 1.24 bits per heavy atom. The summed E-state index contributed by atoms with van der Waals surface area (Å²) < 4.78 is 31.3. The van der Waals surface area contributed by atoms with Crippen molar-refractivity contribution in [3.05, 3.63) is 29.8 Å². The van der Waals surface area contributed by atoms with Crippen LogP contribution in [0, 0.1) is 0 Å². The van der Waals surface area contributed by atoms with Gasteiger partial charge in [0.15, 0.2) is 0 Å². The maximum absolute atomic E-state index is 12.6. The maximum atomic E-state index is 12.6. The molecule has 1 aromatic carbocycles. The van der Waals surface area contributed by atoms with Crippen molar-refractivity contribution in [3.8, 4) is 0 Å². The number of nitrogens with zero attached hydrogens (tertiary/aromatic N) is 1. The number of methoxy groups -OCH3 is 1. The molecule has 0 N–H and O–H groups in total. The fourth-order valence-electron chi connectivity index (χ4n) is 2.08. The molecule has 0 aliphatic rings. The molecule has 0 aromatic heterocycles. The third kappa shape index (κ3) is 4.28. The van der Waals surface area contributed by atoms with Crippen molar-refractivity contribution in [2.24, 2.45) is 0 Å². The summed E-state index contributed by atoms with van der Waals surface area (Å²) in [7, 11) is -2.17. The SMILES string of the molecule is CCC(C)N(CC)S(=O)(=O)c1ccc(CC(=O)OC)cc1. The Hall–Kier alpha value is -1.40. The first-order valence-corrected chi connectivity index (χ1v) is 8.48. The van der Waals surface area contributed by atoms with E-state index in [0.29, 0.717) is 6.54 Å². The molecule has 0 aliphatic heterocycles. The highest BCUT2D eigenvalue weighted by molar-refractivity contribution is 7.89. The van der Waals surface area contributed by atoms with E-state index in [-0.39, 0.29) is 23.3 Å². The molecule has 0 saturated heterocycles. The van der Waals surface area contributed by atoms with Crippen LogP contribution in [0.3, 0.4) is 0 Å². The first-order chi connectivity index (χ1) is 9.86. The van der Waals surface area contributed by atoms with Gasteiger partial charge in [-0.1, -0.05) is 26.0 Å². The molecule has 0 amide bonds. The van der Waals surface area contributed by atoms with Crippen LogP contribution >= 0.6 is 0 Å². The van der Waals surface area contributed by atoms with Crippen LogP contribution in [0.1, 0.15) is 32.8 Å². The summed E-state index contributed by atoms with van der Waals surface area (Å²) in [6.45, 7) is 6.12. The Kier molecular flexibility index (Phi) is 6.36. The predicted octanol–water partition coefficient (Wildman–Crippen LogP) is 2.21. The molecule has 0 spiro atoms. The lowest BCUT2D eigenvalue weighted by Gasteiger charge is -2.26. The number of benzene rings is 1. The smallest absolute Gasteiger partial charge is 0.309 e. The van der Waals surface area contributed by atoms with Gasteiger partial charge in [0.1, 0.15) is 0 Å². The van der Waals surface area contributed by atoms with Gasteiger partial charge in [0.25, 0.3) is 0 Å². The molecule has 5 nitrogen and oxygen atoms in total. The van der Waals surface area contributed by atoms with Crippen molar-refractivity contribution in [2.75, 3.05) is 13.7 Å². The molecule has 6 heteroatoms. The zero-order chi connectivity index (χ0) is 16.0. The molecular formula is C15H23NO4S. The number of esters is 1. The Labute approximate surface area is 127 Å². The summed E-state index contributed by atoms with van der Waals surface area (Å²) in [4.78, 5) is 11.4. The van der Waals surface area contributed by atoms with Gasteiger partial charge in [-0.25, -0.2) is 8.42 Å². The van der Waals surface area contributed by atoms with E-state index in [1.165, 1.54) is 11.4 Å². The molecule has 0 fully saturated rings. The highest BCUT2D eigenvalue weighted by Gasteiger charge is 2.26. The predicted molar refractivity (Wildman–Crippen MR) is 81.5 cm³/mol. The van der Waals surface area contributed by atoms with E-state index in [1.807, 2.05) is 20.8 Å². The van der Waals surface area contributed by atoms with Crippen LogP contribution in [0.2, 0.25) is 0 Å². The summed E-state index contributed by atoms with van der Waals surface area (Å²) in [5, 5.41) is 0. The van der Waals surface area contributed by atoms with Gasteiger partial charge in [-0.15, -0.1) is 0 Å². The standard InChI is InChI=1S/C15H23NO4S/c1-5-12(3)16(6-2)21(18,19)14-9-7-13(8-10-14)11-15(17)20-4/h7-10,12H,5-6,11H2,1-4H3. The lowest BCUT2D eigenvalue weighted by Crippen LogP contribution is -2.38. The summed E-state index contributed by atoms with van der Waals surface area (Å²) in [5.74, 6) is -0.347. The van der Waals surface area contributed by atoms with E-state index in [0.717, 1.165) is 12.0 Å². The quantitative estimate of drug-likeness (QED) is 0.724. The minimum absolute atomic E-state index is 0.0465. The Balaban J connectivity index is 3.01. The van der Waals surface area contributed by atoms with Crippen molar-refractivity contribution < 1.29 is 17.9 Å². The van der Waals surface area contributed by atoms with Crippen LogP contribution in [0.25, 0.3) is 0 Å². The van der Waals surface area contributed by atoms with Crippen molar-refractivity contribution in [1.82, 2.24) is 4.31 Å². The van der Waals surface area contributed by atoms with Gasteiger partial charge in [0.05, 0.1) is 18.4 Å². The number of carbonyl (C=O) groups excluding carboxylic acids is 1. The van der Waals surface area contributed by atoms with Crippen molar-refractivity contribution in [1.29, 1.82) is 0 Å². The lowest BCUT2D eigenvalue weighted by atomic mass is 10.2. The fourth-order valence-corrected chi connectivity index (χ4v) is 3.79. The van der Waals surface area contributed by atoms with E-state index >= 15 is 0 Å². The Bertz CT molecular complexity index is 566. The third-order valence-corrected chi connectivity index (χ3v) is 5.60. The average Bonchev–Trinajstić information content (AvgIpc) is 2.47. The van der Waals surface area contributed by atoms with Crippen LogP contribution in [-0.4, -0.2) is 38.4 Å². The monoisotopic (exact) mass is 313 g/mol. The highest BCUT2D eigenvalue weighted by atomic mass is 32.2. The van der Waals surface area contributed by atoms with Crippen molar-refractivity contribution in [2.45, 2.75) is 44.6 Å². The van der Waals surface area contributed by atoms with E-state index in [9.17, 15) is 13.2 Å². The van der Waals surface area contributed by atoms with Crippen LogP contribution in [0.15, 0.2) is 29.2 Å². The normalized spacial score (nSPS) is 13.2. The number of hydrogen-bond donors (Lipinski definition) is 0. The summed E-state index contributed by atoms with van der Waals surface area (Å²) in [6.07, 6.45) is 0.896. The van der Waals surface area contributed by atoms with E-state index in [1.54, 1.807) is 24.3 Å². The first-order valence-electron chi connectivity index (χ1n) is 7.04. The van der Waals surface area contributed by atoms with Gasteiger partial charge in [-0.05, 0) is 31.0 Å². The number of sulfonamides is 1. The molecule has 0 aliphatic carbocycles. The van der Waals surface area contributed by atoms with Gasteiger partial charge in [-0.3, -0.25) is 4.79 Å². The van der Waals surface area contributed by atoms with Gasteiger partial charge >= 0.3 is 5.97 Å². The molecule has 21 heavy (non-hydrogen) atoms. The first kappa shape index (κ1) is 17.7. The summed E-state index contributed by atoms with van der Waals surface area (Å²) >= 11 is 0. The molecule has 0 heterocycles. The maximum Gasteiger partial charge on any atom is 0.309 e. The highest BCUT2D eigenvalue weighted by Crippen LogP contribution is 2.20. The largest absolute Gasteiger partial charge is 0.469 e. The molecule has 0 radical (unpaired) electrons. The molecule has 1 unspecified atom stereocenters. The molecule has 1 rings (SSSR count). The number of hydrogen-bond acceptors (Lipinski definition) is 4. The van der Waals surface area contributed by atoms with Crippen molar-refractivity contribution in [3.63, 3.8) is 0 Å². The molecule has 118 valence electrons. The molecule has 1 aromatic rings. The van der Waals surface area contributed by atoms with Crippen LogP contribution < -0.4 is 0 Å². The van der Waals surface area contributed by atoms with Gasteiger partial charge in [0, 0.05) is 12.6 Å². The molecule has 1 atom stereocenters. The van der Waals surface area contributed by atoms with Crippen LogP contribution in [-0.2, 0) is 26.0 Å². The second kappa shape index (κ2) is 7.56. The second-order valence-electron chi connectivity index (χ2n) is 4.86. The summed E-state index contributed by atoms with van der Waals surface area (Å²) in [5.41, 5.74) is 0.729. The summed E-state index contributed by atoms with van der Waals surface area (Å²) in [6, 6.07) is 6.33. The van der Waals surface area contributed by atoms with Gasteiger partial charge in [-0.2, -0.15) is 4.31 Å². The molecular weight excluding hydrogens is 290 g/mol. The number of ether oxygens (including phenoxy) is 1. The van der Waals surface area contributed by atoms with Crippen LogP contribution in [0.5, 0.6) is 0 Å². The second-order valence-corrected chi connectivity index (χ2v) is 6.75. The van der Waals surface area contributed by atoms with E-state index < -0.39 is 10.0 Å². The number of carbonyl (C=O) groups is 1. The van der Waals surface area contributed by atoms with Gasteiger partial charge < -0.3 is 4.74 Å². The Morgan fingerprint density at radius 2 is 1.81 bits per heavy atom. The zero-order valence-electron chi connectivity index (χ0n) is 13.0. The minimum Gasteiger partial charge on any atom is -0.469 e. The number of rotatable bonds is 7. The average molecular weight is 313 g/mol. The Morgan fingerprint density at radius 3 is 2.24 bits per heavy atom. The van der Waals surface area contributed by atoms with Gasteiger partial charge in [0.2, 0.25) is 10.0 Å². The van der Waals surface area contributed by atoms with Crippen molar-refractivity contribution >= 4 is 16.0 Å². The third-order valence-electron chi connectivity index (χ3n) is 3.50. The van der Waals surface area contributed by atoms with E-state index in [2.05, 4.69) is 4.74 Å². The molecule has 0 saturated carbocycles. The lowest BCUT2D eigenvalue weighted by molar-refractivity contribution is -0.139.